The lowest BCUT2D eigenvalue weighted by molar-refractivity contribution is 0.0532. The van der Waals surface area contributed by atoms with Gasteiger partial charge in [-0.15, -0.1) is 24.0 Å². The summed E-state index contributed by atoms with van der Waals surface area (Å²) in [4.78, 5) is 7.24. The van der Waals surface area contributed by atoms with Crippen LogP contribution in [0.25, 0.3) is 0 Å². The predicted molar refractivity (Wildman–Crippen MR) is 127 cm³/mol. The first-order chi connectivity index (χ1) is 13.2. The molecular formula is C21H39IN4O2. The van der Waals surface area contributed by atoms with Crippen LogP contribution in [0.3, 0.4) is 0 Å². The maximum absolute atomic E-state index is 5.67. The molecule has 1 aliphatic heterocycles. The van der Waals surface area contributed by atoms with Crippen molar-refractivity contribution in [2.45, 2.75) is 65.0 Å². The highest BCUT2D eigenvalue weighted by Gasteiger charge is 2.19. The Kier molecular flexibility index (Phi) is 13.6. The number of furan rings is 1. The normalized spacial score (nSPS) is 16.2. The average molecular weight is 506 g/mol. The van der Waals surface area contributed by atoms with E-state index in [0.717, 1.165) is 76.7 Å². The zero-order valence-corrected chi connectivity index (χ0v) is 20.1. The molecule has 7 heteroatoms. The number of guanidine groups is 1. The zero-order valence-electron chi connectivity index (χ0n) is 17.8. The third-order valence-corrected chi connectivity index (χ3v) is 4.81. The molecule has 0 aliphatic carbocycles. The highest BCUT2D eigenvalue weighted by atomic mass is 127. The molecule has 2 heterocycles. The van der Waals surface area contributed by atoms with E-state index in [9.17, 15) is 0 Å². The fourth-order valence-electron chi connectivity index (χ4n) is 3.17. The molecule has 0 aromatic carbocycles. The lowest BCUT2D eigenvalue weighted by Crippen LogP contribution is -2.49. The van der Waals surface area contributed by atoms with E-state index >= 15 is 0 Å². The van der Waals surface area contributed by atoms with Gasteiger partial charge in [-0.3, -0.25) is 4.99 Å². The number of aliphatic imine (C=N–C) groups is 1. The first kappa shape index (κ1) is 25.2. The number of nitrogens with one attached hydrogen (secondary N) is 2. The monoisotopic (exact) mass is 506 g/mol. The molecule has 1 saturated heterocycles. The van der Waals surface area contributed by atoms with Gasteiger partial charge >= 0.3 is 0 Å². The zero-order chi connectivity index (χ0) is 19.3. The number of nitrogens with zero attached hydrogens (tertiary/aromatic N) is 2. The summed E-state index contributed by atoms with van der Waals surface area (Å²) in [5.41, 5.74) is 0. The van der Waals surface area contributed by atoms with Gasteiger partial charge in [-0.2, -0.15) is 0 Å². The van der Waals surface area contributed by atoms with Crippen molar-refractivity contribution in [3.05, 3.63) is 24.2 Å². The summed E-state index contributed by atoms with van der Waals surface area (Å²) in [5.74, 6) is 1.95. The molecule has 0 spiro atoms. The van der Waals surface area contributed by atoms with Gasteiger partial charge in [0.25, 0.3) is 0 Å². The molecule has 2 N–H and O–H groups in total. The van der Waals surface area contributed by atoms with Gasteiger partial charge < -0.3 is 24.7 Å². The number of hydrogen-bond acceptors (Lipinski definition) is 4. The minimum Gasteiger partial charge on any atom is -0.469 e. The van der Waals surface area contributed by atoms with Crippen molar-refractivity contribution in [3.8, 4) is 0 Å². The quantitative estimate of drug-likeness (QED) is 0.208. The van der Waals surface area contributed by atoms with Crippen molar-refractivity contribution < 1.29 is 9.15 Å². The fraction of sp³-hybridized carbons (Fsp3) is 0.762. The van der Waals surface area contributed by atoms with Crippen molar-refractivity contribution in [2.24, 2.45) is 4.99 Å². The Balaban J connectivity index is 0.00000392. The first-order valence-electron chi connectivity index (χ1n) is 10.6. The number of hydrogen-bond donors (Lipinski definition) is 2. The van der Waals surface area contributed by atoms with Gasteiger partial charge in [0.05, 0.1) is 19.0 Å². The standard InChI is InChI=1S/C21H38N4O2.HI/c1-4-5-11-22-21(23-12-8-20-7-6-16-27-20)24-19-9-13-25(14-10-19)15-17-26-18(2)3;/h6-7,16,18-19H,4-5,8-15,17H2,1-3H3,(H2,22,23,24);1H. The molecule has 2 rings (SSSR count). The maximum Gasteiger partial charge on any atom is 0.191 e. The molecule has 1 aliphatic rings. The molecule has 1 fully saturated rings. The minimum absolute atomic E-state index is 0. The summed E-state index contributed by atoms with van der Waals surface area (Å²) in [6.07, 6.45) is 7.50. The summed E-state index contributed by atoms with van der Waals surface area (Å²) >= 11 is 0. The van der Waals surface area contributed by atoms with Crippen molar-refractivity contribution in [3.63, 3.8) is 0 Å². The van der Waals surface area contributed by atoms with Crippen LogP contribution in [-0.2, 0) is 11.2 Å². The smallest absolute Gasteiger partial charge is 0.191 e. The molecule has 162 valence electrons. The molecule has 1 aromatic heterocycles. The summed E-state index contributed by atoms with van der Waals surface area (Å²) in [6.45, 7) is 12.2. The summed E-state index contributed by atoms with van der Waals surface area (Å²) in [5, 5.41) is 7.11. The Morgan fingerprint density at radius 2 is 2.14 bits per heavy atom. The fourth-order valence-corrected chi connectivity index (χ4v) is 3.17. The Bertz CT molecular complexity index is 514. The number of ether oxygens (including phenoxy) is 1. The van der Waals surface area contributed by atoms with Gasteiger partial charge in [-0.05, 0) is 45.2 Å². The van der Waals surface area contributed by atoms with E-state index in [4.69, 9.17) is 14.1 Å². The van der Waals surface area contributed by atoms with Gasteiger partial charge in [0, 0.05) is 45.2 Å². The number of piperidine rings is 1. The molecule has 28 heavy (non-hydrogen) atoms. The summed E-state index contributed by atoms with van der Waals surface area (Å²) in [6, 6.07) is 4.44. The number of rotatable bonds is 11. The predicted octanol–water partition coefficient (Wildman–Crippen LogP) is 3.66. The molecule has 0 unspecified atom stereocenters. The Morgan fingerprint density at radius 1 is 1.36 bits per heavy atom. The van der Waals surface area contributed by atoms with E-state index < -0.39 is 0 Å². The molecule has 0 radical (unpaired) electrons. The van der Waals surface area contributed by atoms with Gasteiger partial charge in [0.15, 0.2) is 5.96 Å². The van der Waals surface area contributed by atoms with Gasteiger partial charge in [-0.1, -0.05) is 13.3 Å². The highest BCUT2D eigenvalue weighted by Crippen LogP contribution is 2.10. The first-order valence-corrected chi connectivity index (χ1v) is 10.6. The molecular weight excluding hydrogens is 467 g/mol. The van der Waals surface area contributed by atoms with Crippen LogP contribution in [0.5, 0.6) is 0 Å². The van der Waals surface area contributed by atoms with E-state index in [0.29, 0.717) is 12.1 Å². The van der Waals surface area contributed by atoms with Crippen LogP contribution in [0, 0.1) is 0 Å². The van der Waals surface area contributed by atoms with E-state index in [-0.39, 0.29) is 24.0 Å². The van der Waals surface area contributed by atoms with Crippen LogP contribution in [0.4, 0.5) is 0 Å². The molecule has 0 atom stereocenters. The van der Waals surface area contributed by atoms with Crippen LogP contribution in [0.2, 0.25) is 0 Å². The Hall–Kier alpha value is -0.800. The van der Waals surface area contributed by atoms with Crippen LogP contribution in [0.1, 0.15) is 52.2 Å². The van der Waals surface area contributed by atoms with Crippen LogP contribution in [-0.4, -0.2) is 62.3 Å². The molecule has 0 bridgehead atoms. The largest absolute Gasteiger partial charge is 0.469 e. The molecule has 1 aromatic rings. The highest BCUT2D eigenvalue weighted by molar-refractivity contribution is 14.0. The van der Waals surface area contributed by atoms with Gasteiger partial charge in [0.2, 0.25) is 0 Å². The van der Waals surface area contributed by atoms with Gasteiger partial charge in [0.1, 0.15) is 5.76 Å². The third-order valence-electron chi connectivity index (χ3n) is 4.81. The number of likely N-dealkylation sites (tertiary alicyclic amines) is 1. The van der Waals surface area contributed by atoms with Crippen LogP contribution < -0.4 is 10.6 Å². The second-order valence-corrected chi connectivity index (χ2v) is 7.52. The van der Waals surface area contributed by atoms with Crippen LogP contribution >= 0.6 is 24.0 Å². The van der Waals surface area contributed by atoms with Crippen molar-refractivity contribution in [2.75, 3.05) is 39.3 Å². The minimum atomic E-state index is 0. The van der Waals surface area contributed by atoms with Crippen molar-refractivity contribution in [1.82, 2.24) is 15.5 Å². The summed E-state index contributed by atoms with van der Waals surface area (Å²) in [7, 11) is 0. The number of halogens is 1. The van der Waals surface area contributed by atoms with Crippen molar-refractivity contribution >= 4 is 29.9 Å². The van der Waals surface area contributed by atoms with E-state index in [1.54, 1.807) is 6.26 Å². The second kappa shape index (κ2) is 15.1. The molecule has 6 nitrogen and oxygen atoms in total. The van der Waals surface area contributed by atoms with Crippen molar-refractivity contribution in [1.29, 1.82) is 0 Å². The topological polar surface area (TPSA) is 62.0 Å². The van der Waals surface area contributed by atoms with Crippen LogP contribution in [0.15, 0.2) is 27.8 Å². The second-order valence-electron chi connectivity index (χ2n) is 7.52. The Labute approximate surface area is 187 Å². The maximum atomic E-state index is 5.67. The number of unbranched alkanes of at least 4 members (excludes halogenated alkanes) is 1. The van der Waals surface area contributed by atoms with E-state index in [1.165, 1.54) is 6.42 Å². The lowest BCUT2D eigenvalue weighted by Gasteiger charge is -2.33. The average Bonchev–Trinajstić information content (AvgIpc) is 3.16. The van der Waals surface area contributed by atoms with Gasteiger partial charge in [-0.25, -0.2) is 0 Å². The lowest BCUT2D eigenvalue weighted by atomic mass is 10.1. The summed E-state index contributed by atoms with van der Waals surface area (Å²) < 4.78 is 11.1. The molecule has 0 amide bonds. The Morgan fingerprint density at radius 3 is 2.79 bits per heavy atom. The SMILES string of the molecule is CCCCN=C(NCCc1ccco1)NC1CCN(CCOC(C)C)CC1.I. The van der Waals surface area contributed by atoms with E-state index in [1.807, 2.05) is 12.1 Å². The van der Waals surface area contributed by atoms with E-state index in [2.05, 4.69) is 36.3 Å². The molecule has 0 saturated carbocycles. The third kappa shape index (κ3) is 10.7.